The maximum atomic E-state index is 12.2. The number of hydrogen-bond donors (Lipinski definition) is 1. The standard InChI is InChI=1S/C13H24N2O4S/c16-20(17,15-8-4-1-5-9-15)14-10-12-11-18-13(19-12)6-2-3-7-13/h12,14H,1-11H2/t12-/m1/s1. The maximum absolute atomic E-state index is 12.2. The van der Waals surface area contributed by atoms with Crippen LogP contribution in [0.15, 0.2) is 0 Å². The molecule has 7 heteroatoms. The molecule has 0 aromatic carbocycles. The van der Waals surface area contributed by atoms with Crippen molar-refractivity contribution in [2.75, 3.05) is 26.2 Å². The van der Waals surface area contributed by atoms with E-state index in [9.17, 15) is 8.42 Å². The van der Waals surface area contributed by atoms with Crippen LogP contribution in [0.25, 0.3) is 0 Å². The maximum Gasteiger partial charge on any atom is 0.279 e. The summed E-state index contributed by atoms with van der Waals surface area (Å²) in [6.07, 6.45) is 6.99. The highest BCUT2D eigenvalue weighted by Crippen LogP contribution is 2.39. The third-order valence-corrected chi connectivity index (χ3v) is 6.00. The summed E-state index contributed by atoms with van der Waals surface area (Å²) in [4.78, 5) is 0. The third kappa shape index (κ3) is 3.17. The second kappa shape index (κ2) is 5.88. The largest absolute Gasteiger partial charge is 0.347 e. The van der Waals surface area contributed by atoms with Crippen molar-refractivity contribution in [1.29, 1.82) is 0 Å². The second-order valence-corrected chi connectivity index (χ2v) is 7.74. The molecule has 2 aliphatic heterocycles. The van der Waals surface area contributed by atoms with Crippen LogP contribution in [-0.4, -0.2) is 50.9 Å². The Hall–Kier alpha value is -0.210. The van der Waals surface area contributed by atoms with E-state index in [0.29, 0.717) is 26.2 Å². The van der Waals surface area contributed by atoms with Crippen molar-refractivity contribution in [2.45, 2.75) is 56.8 Å². The average Bonchev–Trinajstić information content (AvgIpc) is 3.09. The monoisotopic (exact) mass is 304 g/mol. The van der Waals surface area contributed by atoms with Gasteiger partial charge in [-0.1, -0.05) is 6.42 Å². The molecule has 0 aromatic heterocycles. The molecule has 1 aliphatic carbocycles. The molecule has 0 bridgehead atoms. The van der Waals surface area contributed by atoms with E-state index in [4.69, 9.17) is 9.47 Å². The van der Waals surface area contributed by atoms with Crippen LogP contribution in [0.1, 0.15) is 44.9 Å². The molecular formula is C13H24N2O4S. The lowest BCUT2D eigenvalue weighted by molar-refractivity contribution is -0.160. The minimum absolute atomic E-state index is 0.160. The van der Waals surface area contributed by atoms with Gasteiger partial charge in [-0.2, -0.15) is 17.4 Å². The molecule has 0 aromatic rings. The molecular weight excluding hydrogens is 280 g/mol. The normalized spacial score (nSPS) is 31.1. The second-order valence-electron chi connectivity index (χ2n) is 5.98. The van der Waals surface area contributed by atoms with Gasteiger partial charge in [0.15, 0.2) is 5.79 Å². The summed E-state index contributed by atoms with van der Waals surface area (Å²) < 4.78 is 40.2. The van der Waals surface area contributed by atoms with E-state index in [0.717, 1.165) is 44.9 Å². The molecule has 3 fully saturated rings. The zero-order chi connectivity index (χ0) is 14.1. The molecule has 6 nitrogen and oxygen atoms in total. The van der Waals surface area contributed by atoms with Crippen molar-refractivity contribution in [3.63, 3.8) is 0 Å². The van der Waals surface area contributed by atoms with Gasteiger partial charge in [0.1, 0.15) is 0 Å². The molecule has 2 heterocycles. The summed E-state index contributed by atoms with van der Waals surface area (Å²) in [5, 5.41) is 0. The van der Waals surface area contributed by atoms with E-state index in [1.807, 2.05) is 0 Å². The number of piperidine rings is 1. The van der Waals surface area contributed by atoms with E-state index in [1.165, 1.54) is 4.31 Å². The van der Waals surface area contributed by atoms with E-state index in [1.54, 1.807) is 0 Å². The summed E-state index contributed by atoms with van der Waals surface area (Å²) in [6, 6.07) is 0. The van der Waals surface area contributed by atoms with Crippen LogP contribution in [0.2, 0.25) is 0 Å². The zero-order valence-electron chi connectivity index (χ0n) is 11.8. The quantitative estimate of drug-likeness (QED) is 0.841. The summed E-state index contributed by atoms with van der Waals surface area (Å²) in [5.41, 5.74) is 0. The summed E-state index contributed by atoms with van der Waals surface area (Å²) in [5.74, 6) is -0.415. The highest BCUT2D eigenvalue weighted by molar-refractivity contribution is 7.87. The minimum atomic E-state index is -3.36. The van der Waals surface area contributed by atoms with Gasteiger partial charge in [0, 0.05) is 32.5 Å². The predicted molar refractivity (Wildman–Crippen MR) is 74.4 cm³/mol. The molecule has 1 saturated carbocycles. The molecule has 0 unspecified atom stereocenters. The van der Waals surface area contributed by atoms with E-state index in [2.05, 4.69) is 4.72 Å². The van der Waals surface area contributed by atoms with Crippen molar-refractivity contribution in [3.8, 4) is 0 Å². The first-order valence-electron chi connectivity index (χ1n) is 7.66. The first kappa shape index (κ1) is 14.7. The van der Waals surface area contributed by atoms with Crippen LogP contribution in [0.4, 0.5) is 0 Å². The molecule has 0 radical (unpaired) electrons. The van der Waals surface area contributed by atoms with Gasteiger partial charge in [0.2, 0.25) is 0 Å². The lowest BCUT2D eigenvalue weighted by Gasteiger charge is -2.26. The summed E-state index contributed by atoms with van der Waals surface area (Å²) in [7, 11) is -3.36. The molecule has 3 aliphatic rings. The predicted octanol–water partition coefficient (Wildman–Crippen LogP) is 0.992. The van der Waals surface area contributed by atoms with Crippen molar-refractivity contribution >= 4 is 10.2 Å². The Kier molecular flexibility index (Phi) is 4.33. The molecule has 3 rings (SSSR count). The molecule has 2 saturated heterocycles. The highest BCUT2D eigenvalue weighted by atomic mass is 32.2. The third-order valence-electron chi connectivity index (χ3n) is 4.43. The van der Waals surface area contributed by atoms with Crippen LogP contribution in [0.3, 0.4) is 0 Å². The Labute approximate surface area is 121 Å². The first-order chi connectivity index (χ1) is 9.60. The Balaban J connectivity index is 1.49. The highest BCUT2D eigenvalue weighted by Gasteiger charge is 2.43. The van der Waals surface area contributed by atoms with Gasteiger partial charge in [0.25, 0.3) is 10.2 Å². The fourth-order valence-corrected chi connectivity index (χ4v) is 4.61. The van der Waals surface area contributed by atoms with Crippen LogP contribution >= 0.6 is 0 Å². The molecule has 1 atom stereocenters. The Morgan fingerprint density at radius 3 is 2.50 bits per heavy atom. The van der Waals surface area contributed by atoms with Gasteiger partial charge in [-0.05, 0) is 25.7 Å². The van der Waals surface area contributed by atoms with Crippen LogP contribution in [0.5, 0.6) is 0 Å². The van der Waals surface area contributed by atoms with E-state index >= 15 is 0 Å². The van der Waals surface area contributed by atoms with Crippen molar-refractivity contribution in [1.82, 2.24) is 9.03 Å². The minimum Gasteiger partial charge on any atom is -0.347 e. The smallest absolute Gasteiger partial charge is 0.279 e. The Bertz CT molecular complexity index is 428. The van der Waals surface area contributed by atoms with Gasteiger partial charge < -0.3 is 9.47 Å². The fraction of sp³-hybridized carbons (Fsp3) is 1.00. The van der Waals surface area contributed by atoms with Gasteiger partial charge in [0.05, 0.1) is 12.7 Å². The summed E-state index contributed by atoms with van der Waals surface area (Å²) in [6.45, 7) is 2.05. The van der Waals surface area contributed by atoms with Crippen LogP contribution in [0, 0.1) is 0 Å². The number of ether oxygens (including phenoxy) is 2. The molecule has 1 spiro atoms. The van der Waals surface area contributed by atoms with Crippen molar-refractivity contribution in [2.24, 2.45) is 0 Å². The number of hydrogen-bond acceptors (Lipinski definition) is 4. The topological polar surface area (TPSA) is 67.9 Å². The fourth-order valence-electron chi connectivity index (χ4n) is 3.29. The van der Waals surface area contributed by atoms with Crippen LogP contribution < -0.4 is 4.72 Å². The zero-order valence-corrected chi connectivity index (χ0v) is 12.7. The van der Waals surface area contributed by atoms with Gasteiger partial charge in [-0.25, -0.2) is 0 Å². The SMILES string of the molecule is O=S(=O)(NC[C@@H]1COC2(CCCC2)O1)N1CCCCC1. The van der Waals surface area contributed by atoms with Crippen LogP contribution in [-0.2, 0) is 19.7 Å². The van der Waals surface area contributed by atoms with Gasteiger partial charge >= 0.3 is 0 Å². The average molecular weight is 304 g/mol. The lowest BCUT2D eigenvalue weighted by Crippen LogP contribution is -2.46. The van der Waals surface area contributed by atoms with Crippen molar-refractivity contribution in [3.05, 3.63) is 0 Å². The number of nitrogens with one attached hydrogen (secondary N) is 1. The molecule has 116 valence electrons. The van der Waals surface area contributed by atoms with Gasteiger partial charge in [-0.3, -0.25) is 0 Å². The lowest BCUT2D eigenvalue weighted by atomic mass is 10.2. The number of rotatable bonds is 4. The van der Waals surface area contributed by atoms with E-state index < -0.39 is 16.0 Å². The molecule has 1 N–H and O–H groups in total. The summed E-state index contributed by atoms with van der Waals surface area (Å²) >= 11 is 0. The Morgan fingerprint density at radius 2 is 1.80 bits per heavy atom. The molecule has 0 amide bonds. The Morgan fingerprint density at radius 1 is 1.10 bits per heavy atom. The molecule has 20 heavy (non-hydrogen) atoms. The number of nitrogens with zero attached hydrogens (tertiary/aromatic N) is 1. The van der Waals surface area contributed by atoms with Gasteiger partial charge in [-0.15, -0.1) is 0 Å². The first-order valence-corrected chi connectivity index (χ1v) is 9.10. The van der Waals surface area contributed by atoms with E-state index in [-0.39, 0.29) is 6.10 Å². The van der Waals surface area contributed by atoms with Crippen molar-refractivity contribution < 1.29 is 17.9 Å².